The summed E-state index contributed by atoms with van der Waals surface area (Å²) in [7, 11) is 0. The van der Waals surface area contributed by atoms with E-state index in [0.717, 1.165) is 12.3 Å². The number of rotatable bonds is 2. The van der Waals surface area contributed by atoms with Gasteiger partial charge in [0, 0.05) is 19.3 Å². The molecular formula is C16H21BrF3N3O2S. The van der Waals surface area contributed by atoms with E-state index in [1.54, 1.807) is 25.7 Å². The number of halogens is 4. The van der Waals surface area contributed by atoms with Gasteiger partial charge in [0.05, 0.1) is 22.0 Å². The van der Waals surface area contributed by atoms with Crippen LogP contribution < -0.4 is 4.90 Å². The quantitative estimate of drug-likeness (QED) is 0.651. The Morgan fingerprint density at radius 3 is 2.50 bits per heavy atom. The molecule has 1 fully saturated rings. The number of carbonyl (C=O) groups excluding carboxylic acids is 1. The first-order valence-corrected chi connectivity index (χ1v) is 10.0. The summed E-state index contributed by atoms with van der Waals surface area (Å²) in [4.78, 5) is 19.8. The summed E-state index contributed by atoms with van der Waals surface area (Å²) in [6, 6.07) is 1.03. The van der Waals surface area contributed by atoms with Crippen LogP contribution in [0.2, 0.25) is 0 Å². The van der Waals surface area contributed by atoms with Gasteiger partial charge in [0.1, 0.15) is 11.4 Å². The number of nitrogens with zero attached hydrogens (tertiary/aromatic N) is 3. The Kier molecular flexibility index (Phi) is 6.37. The van der Waals surface area contributed by atoms with Crippen LogP contribution >= 0.6 is 27.7 Å². The Balaban J connectivity index is 2.16. The molecule has 1 saturated heterocycles. The van der Waals surface area contributed by atoms with Crippen LogP contribution in [0.5, 0.6) is 0 Å². The monoisotopic (exact) mass is 455 g/mol. The van der Waals surface area contributed by atoms with Gasteiger partial charge in [0.25, 0.3) is 0 Å². The average molecular weight is 456 g/mol. The maximum absolute atomic E-state index is 12.8. The van der Waals surface area contributed by atoms with E-state index in [2.05, 4.69) is 20.9 Å². The predicted octanol–water partition coefficient (Wildman–Crippen LogP) is 4.61. The minimum absolute atomic E-state index is 0.142. The third-order valence-electron chi connectivity index (χ3n) is 3.68. The second-order valence-corrected chi connectivity index (χ2v) is 8.71. The van der Waals surface area contributed by atoms with Crippen LogP contribution in [0.25, 0.3) is 0 Å². The number of ether oxygens (including phenoxy) is 1. The molecule has 0 N–H and O–H groups in total. The number of aromatic nitrogens is 1. The highest BCUT2D eigenvalue weighted by atomic mass is 79.9. The number of thioether (sulfide) groups is 1. The number of pyridine rings is 1. The van der Waals surface area contributed by atoms with Crippen molar-refractivity contribution >= 4 is 39.6 Å². The number of amides is 1. The lowest BCUT2D eigenvalue weighted by atomic mass is 10.2. The van der Waals surface area contributed by atoms with Crippen molar-refractivity contribution in [2.75, 3.05) is 30.8 Å². The van der Waals surface area contributed by atoms with Gasteiger partial charge in [-0.05, 0) is 49.0 Å². The van der Waals surface area contributed by atoms with E-state index >= 15 is 0 Å². The highest BCUT2D eigenvalue weighted by Crippen LogP contribution is 2.35. The molecule has 0 radical (unpaired) electrons. The van der Waals surface area contributed by atoms with Crippen LogP contribution in [0, 0.1) is 0 Å². The molecule has 5 nitrogen and oxygen atoms in total. The van der Waals surface area contributed by atoms with Crippen molar-refractivity contribution in [3.05, 3.63) is 22.3 Å². The van der Waals surface area contributed by atoms with E-state index in [0.29, 0.717) is 25.5 Å². The van der Waals surface area contributed by atoms with Crippen LogP contribution in [0.1, 0.15) is 26.3 Å². The molecule has 26 heavy (non-hydrogen) atoms. The number of piperazine rings is 1. The number of carbonyl (C=O) groups is 1. The smallest absolute Gasteiger partial charge is 0.417 e. The Labute approximate surface area is 163 Å². The summed E-state index contributed by atoms with van der Waals surface area (Å²) in [5.41, 5.74) is -1.39. The Bertz CT molecular complexity index is 667. The third kappa shape index (κ3) is 5.18. The van der Waals surface area contributed by atoms with Gasteiger partial charge in [-0.1, -0.05) is 0 Å². The molecule has 1 aliphatic heterocycles. The van der Waals surface area contributed by atoms with Crippen molar-refractivity contribution in [3.8, 4) is 0 Å². The fourth-order valence-electron chi connectivity index (χ4n) is 2.48. The molecule has 1 aromatic rings. The molecule has 0 saturated carbocycles. The Morgan fingerprint density at radius 2 is 2.00 bits per heavy atom. The number of alkyl halides is 3. The lowest BCUT2D eigenvalue weighted by Gasteiger charge is -2.41. The first-order valence-electron chi connectivity index (χ1n) is 7.92. The summed E-state index contributed by atoms with van der Waals surface area (Å²) in [6.07, 6.45) is -2.12. The molecule has 0 aromatic carbocycles. The highest BCUT2D eigenvalue weighted by Gasteiger charge is 2.35. The maximum atomic E-state index is 12.8. The Hall–Kier alpha value is -1.16. The molecule has 0 aliphatic carbocycles. The first-order chi connectivity index (χ1) is 11.9. The molecular weight excluding hydrogens is 435 g/mol. The molecule has 0 spiro atoms. The second kappa shape index (κ2) is 7.84. The van der Waals surface area contributed by atoms with E-state index in [4.69, 9.17) is 4.74 Å². The van der Waals surface area contributed by atoms with Crippen LogP contribution in [-0.4, -0.2) is 52.8 Å². The predicted molar refractivity (Wildman–Crippen MR) is 99.4 cm³/mol. The van der Waals surface area contributed by atoms with Crippen molar-refractivity contribution < 1.29 is 22.7 Å². The van der Waals surface area contributed by atoms with E-state index in [1.165, 1.54) is 11.8 Å². The minimum Gasteiger partial charge on any atom is -0.444 e. The zero-order chi connectivity index (χ0) is 19.7. The van der Waals surface area contributed by atoms with Crippen molar-refractivity contribution in [2.24, 2.45) is 0 Å². The molecule has 10 heteroatoms. The van der Waals surface area contributed by atoms with Gasteiger partial charge in [-0.25, -0.2) is 9.78 Å². The maximum Gasteiger partial charge on any atom is 0.417 e. The summed E-state index contributed by atoms with van der Waals surface area (Å²) < 4.78 is 44.1. The van der Waals surface area contributed by atoms with Crippen molar-refractivity contribution in [1.29, 1.82) is 0 Å². The van der Waals surface area contributed by atoms with Crippen molar-refractivity contribution in [2.45, 2.75) is 37.9 Å². The summed E-state index contributed by atoms with van der Waals surface area (Å²) in [6.45, 7) is 6.65. The lowest BCUT2D eigenvalue weighted by molar-refractivity contribution is -0.137. The van der Waals surface area contributed by atoms with Gasteiger partial charge in [-0.15, -0.1) is 11.8 Å². The molecule has 1 unspecified atom stereocenters. The topological polar surface area (TPSA) is 45.7 Å². The molecule has 2 rings (SSSR count). The van der Waals surface area contributed by atoms with Crippen LogP contribution in [0.4, 0.5) is 23.8 Å². The summed E-state index contributed by atoms with van der Waals surface area (Å²) in [5, 5.41) is -0.142. The average Bonchev–Trinajstić information content (AvgIpc) is 2.51. The van der Waals surface area contributed by atoms with Gasteiger partial charge in [0.15, 0.2) is 0 Å². The fourth-order valence-corrected chi connectivity index (χ4v) is 3.85. The minimum atomic E-state index is -4.44. The number of hydrogen-bond acceptors (Lipinski definition) is 5. The van der Waals surface area contributed by atoms with Crippen molar-refractivity contribution in [1.82, 2.24) is 9.88 Å². The molecule has 1 aliphatic rings. The van der Waals surface area contributed by atoms with Gasteiger partial charge < -0.3 is 14.5 Å². The van der Waals surface area contributed by atoms with E-state index in [-0.39, 0.29) is 9.85 Å². The van der Waals surface area contributed by atoms with E-state index in [9.17, 15) is 18.0 Å². The summed E-state index contributed by atoms with van der Waals surface area (Å²) >= 11 is 4.70. The molecule has 1 atom stereocenters. The highest BCUT2D eigenvalue weighted by molar-refractivity contribution is 9.10. The standard InChI is InChI=1S/C16H21BrF3N3O2S/c1-15(2,3)25-14(24)22-5-6-23(12(9-22)26-4)13-11(17)7-10(8-21-13)16(18,19)20/h7-8,12H,5-6,9H2,1-4H3. The zero-order valence-electron chi connectivity index (χ0n) is 14.9. The zero-order valence-corrected chi connectivity index (χ0v) is 17.3. The number of hydrogen-bond donors (Lipinski definition) is 0. The van der Waals surface area contributed by atoms with Crippen LogP contribution in [0.15, 0.2) is 16.7 Å². The van der Waals surface area contributed by atoms with Gasteiger partial charge >= 0.3 is 12.3 Å². The van der Waals surface area contributed by atoms with Gasteiger partial charge in [0.2, 0.25) is 0 Å². The van der Waals surface area contributed by atoms with Crippen LogP contribution in [0.3, 0.4) is 0 Å². The molecule has 2 heterocycles. The normalized spacial score (nSPS) is 18.8. The Morgan fingerprint density at radius 1 is 1.35 bits per heavy atom. The van der Waals surface area contributed by atoms with Crippen LogP contribution in [-0.2, 0) is 10.9 Å². The lowest BCUT2D eigenvalue weighted by Crippen LogP contribution is -2.54. The molecule has 1 aromatic heterocycles. The third-order valence-corrected chi connectivity index (χ3v) is 5.21. The summed E-state index contributed by atoms with van der Waals surface area (Å²) in [5.74, 6) is 0.432. The number of anilines is 1. The van der Waals surface area contributed by atoms with Gasteiger partial charge in [-0.2, -0.15) is 13.2 Å². The van der Waals surface area contributed by atoms with E-state index < -0.39 is 23.4 Å². The van der Waals surface area contributed by atoms with Gasteiger partial charge in [-0.3, -0.25) is 0 Å². The van der Waals surface area contributed by atoms with Crippen molar-refractivity contribution in [3.63, 3.8) is 0 Å². The largest absolute Gasteiger partial charge is 0.444 e. The van der Waals surface area contributed by atoms with E-state index in [1.807, 2.05) is 11.2 Å². The first kappa shape index (κ1) is 21.1. The molecule has 1 amide bonds. The molecule has 0 bridgehead atoms. The second-order valence-electron chi connectivity index (χ2n) is 6.84. The fraction of sp³-hybridized carbons (Fsp3) is 0.625. The molecule has 146 valence electrons. The SMILES string of the molecule is CSC1CN(C(=O)OC(C)(C)C)CCN1c1ncc(C(F)(F)F)cc1Br.